The predicted octanol–water partition coefficient (Wildman–Crippen LogP) is 2.08. The standard InChI is InChI=1S/C16H16N2O3/c1-10-4-3-5-12(6-10)13-7-14(20)15(17-9-13)16(21)18-8-11(2)19/h3-7,9,20H,8H2,1-2H3,(H,18,21). The maximum absolute atomic E-state index is 11.8. The minimum Gasteiger partial charge on any atom is -0.505 e. The molecule has 5 nitrogen and oxygen atoms in total. The molecule has 2 aromatic rings. The maximum atomic E-state index is 11.8. The molecule has 2 N–H and O–H groups in total. The third-order valence-electron chi connectivity index (χ3n) is 2.93. The highest BCUT2D eigenvalue weighted by Crippen LogP contribution is 2.25. The van der Waals surface area contributed by atoms with Crippen molar-refractivity contribution < 1.29 is 14.7 Å². The molecule has 0 aliphatic carbocycles. The fourth-order valence-electron chi connectivity index (χ4n) is 1.90. The van der Waals surface area contributed by atoms with Crippen LogP contribution in [0.2, 0.25) is 0 Å². The molecular weight excluding hydrogens is 268 g/mol. The van der Waals surface area contributed by atoms with Gasteiger partial charge in [-0.2, -0.15) is 0 Å². The van der Waals surface area contributed by atoms with Crippen LogP contribution >= 0.6 is 0 Å². The Morgan fingerprint density at radius 3 is 2.62 bits per heavy atom. The van der Waals surface area contributed by atoms with E-state index in [4.69, 9.17) is 0 Å². The van der Waals surface area contributed by atoms with E-state index >= 15 is 0 Å². The van der Waals surface area contributed by atoms with Crippen molar-refractivity contribution in [1.82, 2.24) is 10.3 Å². The van der Waals surface area contributed by atoms with Crippen LogP contribution < -0.4 is 5.32 Å². The molecule has 0 saturated heterocycles. The quantitative estimate of drug-likeness (QED) is 0.901. The van der Waals surface area contributed by atoms with Crippen LogP contribution in [0.5, 0.6) is 5.75 Å². The second-order valence-corrected chi connectivity index (χ2v) is 4.85. The molecule has 1 aromatic heterocycles. The van der Waals surface area contributed by atoms with Crippen molar-refractivity contribution >= 4 is 11.7 Å². The van der Waals surface area contributed by atoms with Gasteiger partial charge in [-0.05, 0) is 25.5 Å². The summed E-state index contributed by atoms with van der Waals surface area (Å²) >= 11 is 0. The highest BCUT2D eigenvalue weighted by molar-refractivity contribution is 5.97. The highest BCUT2D eigenvalue weighted by atomic mass is 16.3. The number of amides is 1. The van der Waals surface area contributed by atoms with Gasteiger partial charge >= 0.3 is 0 Å². The van der Waals surface area contributed by atoms with Gasteiger partial charge in [0.2, 0.25) is 0 Å². The third kappa shape index (κ3) is 3.66. The Balaban J connectivity index is 2.25. The third-order valence-corrected chi connectivity index (χ3v) is 2.93. The van der Waals surface area contributed by atoms with Gasteiger partial charge in [-0.15, -0.1) is 0 Å². The smallest absolute Gasteiger partial charge is 0.274 e. The van der Waals surface area contributed by atoms with E-state index in [1.165, 1.54) is 19.2 Å². The van der Waals surface area contributed by atoms with Crippen LogP contribution in [-0.4, -0.2) is 28.3 Å². The van der Waals surface area contributed by atoms with Crippen molar-refractivity contribution in [1.29, 1.82) is 0 Å². The Morgan fingerprint density at radius 1 is 1.24 bits per heavy atom. The number of benzene rings is 1. The van der Waals surface area contributed by atoms with Gasteiger partial charge in [0.25, 0.3) is 5.91 Å². The molecule has 0 bridgehead atoms. The van der Waals surface area contributed by atoms with Crippen LogP contribution in [-0.2, 0) is 4.79 Å². The van der Waals surface area contributed by atoms with E-state index in [0.29, 0.717) is 0 Å². The van der Waals surface area contributed by atoms with Gasteiger partial charge in [-0.3, -0.25) is 9.59 Å². The van der Waals surface area contributed by atoms with E-state index in [1.807, 2.05) is 31.2 Å². The summed E-state index contributed by atoms with van der Waals surface area (Å²) in [6, 6.07) is 9.24. The summed E-state index contributed by atoms with van der Waals surface area (Å²) in [5, 5.41) is 12.3. The normalized spacial score (nSPS) is 10.2. The van der Waals surface area contributed by atoms with Crippen molar-refractivity contribution in [3.8, 4) is 16.9 Å². The van der Waals surface area contributed by atoms with Crippen LogP contribution in [0.25, 0.3) is 11.1 Å². The number of nitrogens with zero attached hydrogens (tertiary/aromatic N) is 1. The second kappa shape index (κ2) is 6.17. The minimum atomic E-state index is -0.571. The van der Waals surface area contributed by atoms with Crippen LogP contribution in [0.1, 0.15) is 23.0 Å². The molecule has 1 amide bonds. The van der Waals surface area contributed by atoms with E-state index < -0.39 is 5.91 Å². The van der Waals surface area contributed by atoms with Crippen LogP contribution in [0.4, 0.5) is 0 Å². The van der Waals surface area contributed by atoms with E-state index in [0.717, 1.165) is 16.7 Å². The van der Waals surface area contributed by atoms with Gasteiger partial charge in [0, 0.05) is 11.8 Å². The number of aryl methyl sites for hydroxylation is 1. The lowest BCUT2D eigenvalue weighted by atomic mass is 10.0. The van der Waals surface area contributed by atoms with Crippen molar-refractivity contribution in [3.05, 3.63) is 47.8 Å². The number of carbonyl (C=O) groups is 2. The molecule has 0 spiro atoms. The van der Waals surface area contributed by atoms with Gasteiger partial charge < -0.3 is 10.4 Å². The first-order valence-electron chi connectivity index (χ1n) is 6.51. The first-order chi connectivity index (χ1) is 9.97. The molecule has 5 heteroatoms. The lowest BCUT2D eigenvalue weighted by molar-refractivity contribution is -0.116. The Labute approximate surface area is 122 Å². The number of rotatable bonds is 4. The summed E-state index contributed by atoms with van der Waals surface area (Å²) in [7, 11) is 0. The number of Topliss-reactive ketones (excluding diaryl/α,β-unsaturated/α-hetero) is 1. The predicted molar refractivity (Wildman–Crippen MR) is 79.1 cm³/mol. The first kappa shape index (κ1) is 14.7. The Bertz CT molecular complexity index is 696. The van der Waals surface area contributed by atoms with Gasteiger partial charge in [-0.1, -0.05) is 29.8 Å². The summed E-state index contributed by atoms with van der Waals surface area (Å²) in [6.07, 6.45) is 1.52. The summed E-state index contributed by atoms with van der Waals surface area (Å²) in [4.78, 5) is 26.6. The summed E-state index contributed by atoms with van der Waals surface area (Å²) in [6.45, 7) is 3.26. The fraction of sp³-hybridized carbons (Fsp3) is 0.188. The van der Waals surface area contributed by atoms with E-state index in [9.17, 15) is 14.7 Å². The van der Waals surface area contributed by atoms with E-state index in [1.54, 1.807) is 0 Å². The van der Waals surface area contributed by atoms with E-state index in [-0.39, 0.29) is 23.8 Å². The molecule has 0 aliphatic heterocycles. The van der Waals surface area contributed by atoms with Gasteiger partial charge in [0.05, 0.1) is 6.54 Å². The summed E-state index contributed by atoms with van der Waals surface area (Å²) in [5.74, 6) is -0.951. The Kier molecular flexibility index (Phi) is 4.33. The number of nitrogens with one attached hydrogen (secondary N) is 1. The molecule has 1 aromatic carbocycles. The first-order valence-corrected chi connectivity index (χ1v) is 6.51. The number of ketones is 1. The zero-order chi connectivity index (χ0) is 15.4. The Morgan fingerprint density at radius 2 is 2.00 bits per heavy atom. The largest absolute Gasteiger partial charge is 0.505 e. The lowest BCUT2D eigenvalue weighted by Gasteiger charge is -2.07. The molecule has 2 rings (SSSR count). The molecular formula is C16H16N2O3. The average Bonchev–Trinajstić information content (AvgIpc) is 2.44. The van der Waals surface area contributed by atoms with Gasteiger partial charge in [-0.25, -0.2) is 4.98 Å². The number of aromatic hydroxyl groups is 1. The van der Waals surface area contributed by atoms with Crippen molar-refractivity contribution in [3.63, 3.8) is 0 Å². The summed E-state index contributed by atoms with van der Waals surface area (Å²) < 4.78 is 0. The van der Waals surface area contributed by atoms with Crippen molar-refractivity contribution in [2.75, 3.05) is 6.54 Å². The SMILES string of the molecule is CC(=O)CNC(=O)c1ncc(-c2cccc(C)c2)cc1O. The van der Waals surface area contributed by atoms with Crippen molar-refractivity contribution in [2.45, 2.75) is 13.8 Å². The zero-order valence-corrected chi connectivity index (χ0v) is 11.9. The second-order valence-electron chi connectivity index (χ2n) is 4.85. The molecule has 1 heterocycles. The molecule has 0 unspecified atom stereocenters. The number of pyridine rings is 1. The van der Waals surface area contributed by atoms with Crippen LogP contribution in [0, 0.1) is 6.92 Å². The molecule has 0 fully saturated rings. The zero-order valence-electron chi connectivity index (χ0n) is 11.9. The Hall–Kier alpha value is -2.69. The molecule has 0 radical (unpaired) electrons. The minimum absolute atomic E-state index is 0.0837. The molecule has 0 aliphatic rings. The average molecular weight is 284 g/mol. The number of carbonyl (C=O) groups excluding carboxylic acids is 2. The van der Waals surface area contributed by atoms with Gasteiger partial charge in [0.1, 0.15) is 11.5 Å². The monoisotopic (exact) mass is 284 g/mol. The summed E-state index contributed by atoms with van der Waals surface area (Å²) in [5.41, 5.74) is 2.63. The number of hydrogen-bond donors (Lipinski definition) is 2. The van der Waals surface area contributed by atoms with Crippen LogP contribution in [0.15, 0.2) is 36.5 Å². The lowest BCUT2D eigenvalue weighted by Crippen LogP contribution is -2.29. The van der Waals surface area contributed by atoms with Crippen LogP contribution in [0.3, 0.4) is 0 Å². The molecule has 21 heavy (non-hydrogen) atoms. The molecule has 108 valence electrons. The number of hydrogen-bond acceptors (Lipinski definition) is 4. The van der Waals surface area contributed by atoms with E-state index in [2.05, 4.69) is 10.3 Å². The number of aromatic nitrogens is 1. The molecule has 0 saturated carbocycles. The van der Waals surface area contributed by atoms with Crippen molar-refractivity contribution in [2.24, 2.45) is 0 Å². The molecule has 0 atom stereocenters. The topological polar surface area (TPSA) is 79.3 Å². The maximum Gasteiger partial charge on any atom is 0.274 e. The van der Waals surface area contributed by atoms with Gasteiger partial charge in [0.15, 0.2) is 5.69 Å². The highest BCUT2D eigenvalue weighted by Gasteiger charge is 2.14. The fourth-order valence-corrected chi connectivity index (χ4v) is 1.90.